The first-order valence-corrected chi connectivity index (χ1v) is 8.78. The molecule has 26 heavy (non-hydrogen) atoms. The van der Waals surface area contributed by atoms with Crippen molar-refractivity contribution in [2.24, 2.45) is 0 Å². The lowest BCUT2D eigenvalue weighted by Crippen LogP contribution is -2.37. The molecule has 3 heterocycles. The third kappa shape index (κ3) is 2.65. The number of hydrogen-bond donors (Lipinski definition) is 1. The molecule has 4 rings (SSSR count). The number of methoxy groups -OCH3 is 1. The van der Waals surface area contributed by atoms with Gasteiger partial charge >= 0.3 is 0 Å². The Morgan fingerprint density at radius 1 is 1.35 bits per heavy atom. The second kappa shape index (κ2) is 6.68. The number of fused-ring (bicyclic) bond motifs is 2. The van der Waals surface area contributed by atoms with Crippen LogP contribution in [0.15, 0.2) is 0 Å². The van der Waals surface area contributed by atoms with E-state index in [1.165, 1.54) is 7.11 Å². The molecule has 1 saturated heterocycles. The number of ether oxygens (including phenoxy) is 4. The molecule has 0 saturated carbocycles. The van der Waals surface area contributed by atoms with Gasteiger partial charge < -0.3 is 29.2 Å². The van der Waals surface area contributed by atoms with Gasteiger partial charge in [0.15, 0.2) is 11.5 Å². The number of nitrogens with one attached hydrogen (secondary N) is 1. The van der Waals surface area contributed by atoms with Gasteiger partial charge in [-0.2, -0.15) is 0 Å². The molecule has 1 aromatic carbocycles. The molecule has 3 aliphatic rings. The first-order chi connectivity index (χ1) is 12.6. The number of carbonyl (C=O) groups is 2. The van der Waals surface area contributed by atoms with Gasteiger partial charge in [0.25, 0.3) is 5.91 Å². The molecule has 1 fully saturated rings. The molecule has 140 valence electrons. The van der Waals surface area contributed by atoms with Gasteiger partial charge in [0.05, 0.1) is 12.7 Å². The third-order valence-electron chi connectivity index (χ3n) is 5.11. The predicted octanol–water partition coefficient (Wildman–Crippen LogP) is 0.847. The van der Waals surface area contributed by atoms with E-state index in [9.17, 15) is 9.59 Å². The zero-order chi connectivity index (χ0) is 18.3. The van der Waals surface area contributed by atoms with Crippen molar-refractivity contribution in [3.63, 3.8) is 0 Å². The fourth-order valence-corrected chi connectivity index (χ4v) is 3.74. The number of nitrogens with zero attached hydrogens (tertiary/aromatic N) is 1. The van der Waals surface area contributed by atoms with Gasteiger partial charge in [-0.15, -0.1) is 0 Å². The average Bonchev–Trinajstić information content (AvgIpc) is 3.33. The van der Waals surface area contributed by atoms with E-state index in [-0.39, 0.29) is 25.2 Å². The van der Waals surface area contributed by atoms with Crippen LogP contribution in [0.5, 0.6) is 17.2 Å². The lowest BCUT2D eigenvalue weighted by Gasteiger charge is -2.29. The molecule has 1 atom stereocenters. The van der Waals surface area contributed by atoms with Crippen molar-refractivity contribution in [3.8, 4) is 17.2 Å². The SMILES string of the molecule is COc1c2c(c(CNC(=O)[C@H]3CCCO3)c3c1C(=O)N(C)CC3)OCO2. The van der Waals surface area contributed by atoms with Gasteiger partial charge in [0.2, 0.25) is 18.4 Å². The molecule has 0 unspecified atom stereocenters. The molecule has 0 radical (unpaired) electrons. The minimum Gasteiger partial charge on any atom is -0.492 e. The van der Waals surface area contributed by atoms with Crippen molar-refractivity contribution in [2.75, 3.05) is 34.1 Å². The highest BCUT2D eigenvalue weighted by Gasteiger charge is 2.36. The predicted molar refractivity (Wildman–Crippen MR) is 90.6 cm³/mol. The van der Waals surface area contributed by atoms with Gasteiger partial charge in [-0.1, -0.05) is 0 Å². The maximum atomic E-state index is 12.7. The minimum absolute atomic E-state index is 0.0608. The number of rotatable bonds is 4. The standard InChI is InChI=1S/C18H22N2O6/c1-20-6-5-10-11(8-19-17(21)12-4-3-7-24-12)14-16(26-9-25-14)15(23-2)13(10)18(20)22/h12H,3-9H2,1-2H3,(H,19,21)/t12-/m1/s1. The number of amides is 2. The monoisotopic (exact) mass is 362 g/mol. The third-order valence-corrected chi connectivity index (χ3v) is 5.11. The fourth-order valence-electron chi connectivity index (χ4n) is 3.74. The van der Waals surface area contributed by atoms with Crippen LogP contribution < -0.4 is 19.5 Å². The van der Waals surface area contributed by atoms with Crippen molar-refractivity contribution in [1.82, 2.24) is 10.2 Å². The molecule has 8 nitrogen and oxygen atoms in total. The second-order valence-electron chi connectivity index (χ2n) is 6.63. The number of carbonyl (C=O) groups excluding carboxylic acids is 2. The highest BCUT2D eigenvalue weighted by molar-refractivity contribution is 6.01. The quantitative estimate of drug-likeness (QED) is 0.855. The van der Waals surface area contributed by atoms with Crippen molar-refractivity contribution < 1.29 is 28.5 Å². The first-order valence-electron chi connectivity index (χ1n) is 8.78. The van der Waals surface area contributed by atoms with Crippen LogP contribution in [0, 0.1) is 0 Å². The van der Waals surface area contributed by atoms with E-state index in [0.29, 0.717) is 42.4 Å². The van der Waals surface area contributed by atoms with Crippen LogP contribution in [0.2, 0.25) is 0 Å². The van der Waals surface area contributed by atoms with Gasteiger partial charge in [0.1, 0.15) is 6.10 Å². The Balaban J connectivity index is 1.71. The molecular weight excluding hydrogens is 340 g/mol. The molecular formula is C18H22N2O6. The molecule has 0 bridgehead atoms. The zero-order valence-corrected chi connectivity index (χ0v) is 14.9. The highest BCUT2D eigenvalue weighted by Crippen LogP contribution is 2.49. The van der Waals surface area contributed by atoms with Crippen LogP contribution in [-0.4, -0.2) is 56.9 Å². The van der Waals surface area contributed by atoms with Crippen LogP contribution in [0.4, 0.5) is 0 Å². The summed E-state index contributed by atoms with van der Waals surface area (Å²) in [6.45, 7) is 1.53. The summed E-state index contributed by atoms with van der Waals surface area (Å²) < 4.78 is 22.1. The van der Waals surface area contributed by atoms with Crippen LogP contribution in [0.1, 0.15) is 34.3 Å². The maximum Gasteiger partial charge on any atom is 0.257 e. The van der Waals surface area contributed by atoms with Gasteiger partial charge in [0, 0.05) is 32.3 Å². The summed E-state index contributed by atoms with van der Waals surface area (Å²) in [6, 6.07) is 0. The van der Waals surface area contributed by atoms with Crippen molar-refractivity contribution in [2.45, 2.75) is 31.9 Å². The highest BCUT2D eigenvalue weighted by atomic mass is 16.7. The molecule has 1 N–H and O–H groups in total. The van der Waals surface area contributed by atoms with Crippen LogP contribution >= 0.6 is 0 Å². The van der Waals surface area contributed by atoms with Crippen LogP contribution in [0.3, 0.4) is 0 Å². The fraction of sp³-hybridized carbons (Fsp3) is 0.556. The minimum atomic E-state index is -0.401. The van der Waals surface area contributed by atoms with Gasteiger partial charge in [-0.25, -0.2) is 0 Å². The largest absolute Gasteiger partial charge is 0.492 e. The van der Waals surface area contributed by atoms with E-state index in [1.54, 1.807) is 11.9 Å². The van der Waals surface area contributed by atoms with Crippen molar-refractivity contribution in [3.05, 3.63) is 16.7 Å². The van der Waals surface area contributed by atoms with Crippen molar-refractivity contribution in [1.29, 1.82) is 0 Å². The number of likely N-dealkylation sites (N-methyl/N-ethyl adjacent to an activating group) is 1. The summed E-state index contributed by atoms with van der Waals surface area (Å²) >= 11 is 0. The summed E-state index contributed by atoms with van der Waals surface area (Å²) in [7, 11) is 3.27. The molecule has 0 aromatic heterocycles. The Morgan fingerprint density at radius 3 is 2.88 bits per heavy atom. The molecule has 1 aromatic rings. The van der Waals surface area contributed by atoms with Crippen LogP contribution in [0.25, 0.3) is 0 Å². The van der Waals surface area contributed by atoms with E-state index in [0.717, 1.165) is 24.0 Å². The molecule has 8 heteroatoms. The topological polar surface area (TPSA) is 86.3 Å². The Labute approximate surface area is 151 Å². The average molecular weight is 362 g/mol. The Morgan fingerprint density at radius 2 is 2.15 bits per heavy atom. The van der Waals surface area contributed by atoms with E-state index in [4.69, 9.17) is 18.9 Å². The summed E-state index contributed by atoms with van der Waals surface area (Å²) in [4.78, 5) is 26.7. The first kappa shape index (κ1) is 17.0. The van der Waals surface area contributed by atoms with Crippen LogP contribution in [-0.2, 0) is 22.5 Å². The normalized spacial score (nSPS) is 20.9. The maximum absolute atomic E-state index is 12.7. The zero-order valence-electron chi connectivity index (χ0n) is 14.9. The molecule has 3 aliphatic heterocycles. The summed E-state index contributed by atoms with van der Waals surface area (Å²) in [5.41, 5.74) is 2.12. The summed E-state index contributed by atoms with van der Waals surface area (Å²) in [5, 5.41) is 2.92. The smallest absolute Gasteiger partial charge is 0.257 e. The number of hydrogen-bond acceptors (Lipinski definition) is 6. The summed E-state index contributed by atoms with van der Waals surface area (Å²) in [6.07, 6.45) is 1.88. The Bertz CT molecular complexity index is 757. The summed E-state index contributed by atoms with van der Waals surface area (Å²) in [5.74, 6) is 1.12. The lowest BCUT2D eigenvalue weighted by atomic mass is 9.91. The molecule has 2 amide bonds. The Hall–Kier alpha value is -2.48. The lowest BCUT2D eigenvalue weighted by molar-refractivity contribution is -0.130. The molecule has 0 spiro atoms. The van der Waals surface area contributed by atoms with E-state index >= 15 is 0 Å². The van der Waals surface area contributed by atoms with E-state index < -0.39 is 6.10 Å². The molecule has 0 aliphatic carbocycles. The second-order valence-corrected chi connectivity index (χ2v) is 6.63. The van der Waals surface area contributed by atoms with Gasteiger partial charge in [-0.05, 0) is 24.8 Å². The van der Waals surface area contributed by atoms with Crippen molar-refractivity contribution >= 4 is 11.8 Å². The van der Waals surface area contributed by atoms with Gasteiger partial charge in [-0.3, -0.25) is 9.59 Å². The Kier molecular flexibility index (Phi) is 4.36. The van der Waals surface area contributed by atoms with E-state index in [2.05, 4.69) is 5.32 Å². The van der Waals surface area contributed by atoms with E-state index in [1.807, 2.05) is 0 Å². The number of benzene rings is 1.